The minimum atomic E-state index is 0. The van der Waals surface area contributed by atoms with Gasteiger partial charge in [0.05, 0.1) is 0 Å². The molecule has 1 rings (SSSR count). The molecule has 0 aliphatic rings. The fraction of sp³-hybridized carbons (Fsp3) is 0.533. The smallest absolute Gasteiger partial charge is 0.224 e. The van der Waals surface area contributed by atoms with Crippen LogP contribution in [0.3, 0.4) is 0 Å². The highest BCUT2D eigenvalue weighted by Gasteiger charge is 2.04. The second-order valence-electron chi connectivity index (χ2n) is 4.60. The van der Waals surface area contributed by atoms with Gasteiger partial charge in [0.15, 0.2) is 0 Å². The summed E-state index contributed by atoms with van der Waals surface area (Å²) in [5.74, 6) is 0.0328. The molecule has 122 valence electrons. The molecule has 0 unspecified atom stereocenters. The normalized spacial score (nSPS) is 9.71. The Bertz CT molecular complexity index is 398. The summed E-state index contributed by atoms with van der Waals surface area (Å²) in [5, 5.41) is 2.91. The van der Waals surface area contributed by atoms with Crippen molar-refractivity contribution >= 4 is 36.4 Å². The summed E-state index contributed by atoms with van der Waals surface area (Å²) in [6, 6.07) is 8.04. The third-order valence-electron chi connectivity index (χ3n) is 3.12. The van der Waals surface area contributed by atoms with E-state index < -0.39 is 0 Å². The van der Waals surface area contributed by atoms with Gasteiger partial charge in [-0.25, -0.2) is 0 Å². The van der Waals surface area contributed by atoms with Gasteiger partial charge in [0.2, 0.25) is 5.91 Å². The number of nitrogens with one attached hydrogen (secondary N) is 1. The Morgan fingerprint density at radius 1 is 1.24 bits per heavy atom. The minimum Gasteiger partial charge on any atom is -0.330 e. The predicted molar refractivity (Wildman–Crippen MR) is 94.5 cm³/mol. The summed E-state index contributed by atoms with van der Waals surface area (Å²) < 4.78 is 0. The lowest BCUT2D eigenvalue weighted by atomic mass is 10.2. The molecule has 3 N–H and O–H groups in total. The second-order valence-corrected chi connectivity index (χ2v) is 4.60. The lowest BCUT2D eigenvalue weighted by molar-refractivity contribution is -0.116. The van der Waals surface area contributed by atoms with E-state index >= 15 is 0 Å². The highest BCUT2D eigenvalue weighted by atomic mass is 35.5. The summed E-state index contributed by atoms with van der Waals surface area (Å²) in [7, 11) is 0. The van der Waals surface area contributed by atoms with Crippen molar-refractivity contribution < 1.29 is 4.79 Å². The molecule has 0 aliphatic carbocycles. The van der Waals surface area contributed by atoms with Crippen molar-refractivity contribution in [1.82, 2.24) is 4.90 Å². The van der Waals surface area contributed by atoms with Crippen LogP contribution in [0.1, 0.15) is 32.3 Å². The summed E-state index contributed by atoms with van der Waals surface area (Å²) in [6.07, 6.45) is 1.21. The van der Waals surface area contributed by atoms with Gasteiger partial charge >= 0.3 is 0 Å². The highest BCUT2D eigenvalue weighted by Crippen LogP contribution is 2.13. The van der Waals surface area contributed by atoms with Crippen molar-refractivity contribution in [3.8, 4) is 0 Å². The molecule has 0 spiro atoms. The number of nitrogens with two attached hydrogens (primary N) is 1. The van der Waals surface area contributed by atoms with E-state index in [0.29, 0.717) is 13.0 Å². The summed E-state index contributed by atoms with van der Waals surface area (Å²) >= 11 is 0. The van der Waals surface area contributed by atoms with Gasteiger partial charge in [0.25, 0.3) is 0 Å². The molecule has 1 aromatic rings. The molecule has 0 heterocycles. The Labute approximate surface area is 140 Å². The van der Waals surface area contributed by atoms with E-state index in [1.165, 1.54) is 5.56 Å². The zero-order valence-corrected chi connectivity index (χ0v) is 14.4. The Balaban J connectivity index is 0. The number of benzene rings is 1. The number of halogens is 2. The second kappa shape index (κ2) is 12.9. The maximum atomic E-state index is 11.6. The van der Waals surface area contributed by atoms with Crippen LogP contribution in [0.15, 0.2) is 24.3 Å². The molecule has 0 aliphatic heterocycles. The van der Waals surface area contributed by atoms with Gasteiger partial charge in [-0.05, 0) is 43.8 Å². The SMILES string of the molecule is CCN(CC)Cc1cccc(NC(=O)CCCN)c1.Cl.Cl. The van der Waals surface area contributed by atoms with Crippen LogP contribution in [0.25, 0.3) is 0 Å². The van der Waals surface area contributed by atoms with E-state index in [2.05, 4.69) is 30.1 Å². The average Bonchev–Trinajstić information content (AvgIpc) is 2.43. The van der Waals surface area contributed by atoms with Crippen LogP contribution in [0.4, 0.5) is 5.69 Å². The molecular formula is C15H27Cl2N3O. The Hall–Kier alpha value is -0.810. The van der Waals surface area contributed by atoms with Crippen molar-refractivity contribution in [2.24, 2.45) is 5.73 Å². The Morgan fingerprint density at radius 2 is 1.90 bits per heavy atom. The largest absolute Gasteiger partial charge is 0.330 e. The first kappa shape index (κ1) is 22.5. The molecular weight excluding hydrogens is 309 g/mol. The van der Waals surface area contributed by atoms with Gasteiger partial charge in [-0.1, -0.05) is 26.0 Å². The van der Waals surface area contributed by atoms with Crippen LogP contribution < -0.4 is 11.1 Å². The Kier molecular flexibility index (Phi) is 13.8. The average molecular weight is 336 g/mol. The number of amides is 1. The molecule has 1 amide bonds. The summed E-state index contributed by atoms with van der Waals surface area (Å²) in [6.45, 7) is 7.84. The fourth-order valence-electron chi connectivity index (χ4n) is 1.94. The Morgan fingerprint density at radius 3 is 2.48 bits per heavy atom. The minimum absolute atomic E-state index is 0. The van der Waals surface area contributed by atoms with Gasteiger partial charge in [-0.15, -0.1) is 24.8 Å². The van der Waals surface area contributed by atoms with Gasteiger partial charge in [-0.3, -0.25) is 9.69 Å². The third kappa shape index (κ3) is 8.94. The molecule has 6 heteroatoms. The molecule has 1 aromatic carbocycles. The van der Waals surface area contributed by atoms with Crippen molar-refractivity contribution in [1.29, 1.82) is 0 Å². The first-order chi connectivity index (χ1) is 9.19. The van der Waals surface area contributed by atoms with Crippen LogP contribution in [0, 0.1) is 0 Å². The molecule has 0 fully saturated rings. The first-order valence-corrected chi connectivity index (χ1v) is 7.00. The first-order valence-electron chi connectivity index (χ1n) is 7.00. The van der Waals surface area contributed by atoms with E-state index in [0.717, 1.165) is 31.7 Å². The molecule has 0 saturated heterocycles. The van der Waals surface area contributed by atoms with Gasteiger partial charge in [-0.2, -0.15) is 0 Å². The zero-order valence-electron chi connectivity index (χ0n) is 12.8. The number of anilines is 1. The summed E-state index contributed by atoms with van der Waals surface area (Å²) in [4.78, 5) is 14.0. The monoisotopic (exact) mass is 335 g/mol. The summed E-state index contributed by atoms with van der Waals surface area (Å²) in [5.41, 5.74) is 7.48. The number of rotatable bonds is 8. The topological polar surface area (TPSA) is 58.4 Å². The maximum Gasteiger partial charge on any atom is 0.224 e. The molecule has 0 radical (unpaired) electrons. The van der Waals surface area contributed by atoms with E-state index in [1.807, 2.05) is 18.2 Å². The van der Waals surface area contributed by atoms with E-state index in [4.69, 9.17) is 5.73 Å². The number of hydrogen-bond acceptors (Lipinski definition) is 3. The van der Waals surface area contributed by atoms with Gasteiger partial charge in [0.1, 0.15) is 0 Å². The quantitative estimate of drug-likeness (QED) is 0.767. The number of carbonyl (C=O) groups is 1. The van der Waals surface area contributed by atoms with Crippen LogP contribution >= 0.6 is 24.8 Å². The molecule has 4 nitrogen and oxygen atoms in total. The maximum absolute atomic E-state index is 11.6. The highest BCUT2D eigenvalue weighted by molar-refractivity contribution is 5.90. The van der Waals surface area contributed by atoms with E-state index in [9.17, 15) is 4.79 Å². The molecule has 0 aromatic heterocycles. The van der Waals surface area contributed by atoms with Crippen molar-refractivity contribution in [3.05, 3.63) is 29.8 Å². The lowest BCUT2D eigenvalue weighted by Crippen LogP contribution is -2.22. The molecule has 21 heavy (non-hydrogen) atoms. The van der Waals surface area contributed by atoms with Crippen LogP contribution in [0.5, 0.6) is 0 Å². The van der Waals surface area contributed by atoms with Crippen LogP contribution in [-0.2, 0) is 11.3 Å². The predicted octanol–water partition coefficient (Wildman–Crippen LogP) is 3.05. The van der Waals surface area contributed by atoms with Crippen molar-refractivity contribution in [2.45, 2.75) is 33.2 Å². The van der Waals surface area contributed by atoms with Crippen LogP contribution in [-0.4, -0.2) is 30.4 Å². The van der Waals surface area contributed by atoms with E-state index in [-0.39, 0.29) is 30.7 Å². The molecule has 0 atom stereocenters. The van der Waals surface area contributed by atoms with E-state index in [1.54, 1.807) is 0 Å². The molecule has 0 saturated carbocycles. The van der Waals surface area contributed by atoms with Crippen LogP contribution in [0.2, 0.25) is 0 Å². The number of hydrogen-bond donors (Lipinski definition) is 2. The van der Waals surface area contributed by atoms with Crippen molar-refractivity contribution in [2.75, 3.05) is 25.0 Å². The number of carbonyl (C=O) groups excluding carboxylic acids is 1. The molecule has 0 bridgehead atoms. The lowest BCUT2D eigenvalue weighted by Gasteiger charge is -2.18. The zero-order chi connectivity index (χ0) is 14.1. The number of nitrogens with zero attached hydrogens (tertiary/aromatic N) is 1. The van der Waals surface area contributed by atoms with Gasteiger partial charge in [0, 0.05) is 18.7 Å². The van der Waals surface area contributed by atoms with Gasteiger partial charge < -0.3 is 11.1 Å². The fourth-order valence-corrected chi connectivity index (χ4v) is 1.94. The standard InChI is InChI=1S/C15H25N3O.2ClH/c1-3-18(4-2)12-13-7-5-8-14(11-13)17-15(19)9-6-10-16;;/h5,7-8,11H,3-4,6,9-10,12,16H2,1-2H3,(H,17,19);2*1H. The van der Waals surface area contributed by atoms with Crippen molar-refractivity contribution in [3.63, 3.8) is 0 Å². The third-order valence-corrected chi connectivity index (χ3v) is 3.12.